The third kappa shape index (κ3) is 5.62. The lowest BCUT2D eigenvalue weighted by molar-refractivity contribution is 0.276. The van der Waals surface area contributed by atoms with Crippen molar-refractivity contribution in [1.29, 1.82) is 0 Å². The molecule has 0 amide bonds. The topological polar surface area (TPSA) is 59.9 Å². The summed E-state index contributed by atoms with van der Waals surface area (Å²) in [5, 5.41) is 3.92. The molecule has 0 spiro atoms. The molecule has 152 valence electrons. The van der Waals surface area contributed by atoms with Gasteiger partial charge in [0.25, 0.3) is 0 Å². The zero-order valence-electron chi connectivity index (χ0n) is 17.5. The van der Waals surface area contributed by atoms with Crippen LogP contribution in [0.2, 0.25) is 23.3 Å². The van der Waals surface area contributed by atoms with Crippen LogP contribution >= 0.6 is 11.6 Å². The summed E-state index contributed by atoms with van der Waals surface area (Å²) in [6.45, 7) is 11.9. The Morgan fingerprint density at radius 3 is 2.55 bits per heavy atom. The molecule has 5 nitrogen and oxygen atoms in total. The smallest absolute Gasteiger partial charge is 0.227 e. The normalized spacial score (nSPS) is 12.1. The van der Waals surface area contributed by atoms with Crippen molar-refractivity contribution in [1.82, 2.24) is 15.0 Å². The number of pyridine rings is 1. The number of rotatable bonds is 6. The van der Waals surface area contributed by atoms with Crippen molar-refractivity contribution in [3.8, 4) is 11.3 Å². The van der Waals surface area contributed by atoms with Gasteiger partial charge in [-0.1, -0.05) is 44.5 Å². The van der Waals surface area contributed by atoms with Crippen LogP contribution in [0.5, 0.6) is 0 Å². The Balaban J connectivity index is 1.72. The highest BCUT2D eigenvalue weighted by Crippen LogP contribution is 2.37. The number of halogens is 1. The zero-order valence-corrected chi connectivity index (χ0v) is 19.3. The van der Waals surface area contributed by atoms with Gasteiger partial charge in [0.15, 0.2) is 8.32 Å². The van der Waals surface area contributed by atoms with E-state index in [2.05, 4.69) is 66.3 Å². The fourth-order valence-corrected chi connectivity index (χ4v) is 3.53. The maximum Gasteiger partial charge on any atom is 0.227 e. The minimum absolute atomic E-state index is 0.188. The third-order valence-electron chi connectivity index (χ3n) is 5.27. The second kappa shape index (κ2) is 8.61. The zero-order chi connectivity index (χ0) is 21.1. The van der Waals surface area contributed by atoms with E-state index in [1.165, 1.54) is 0 Å². The third-order valence-corrected chi connectivity index (χ3v) is 9.97. The van der Waals surface area contributed by atoms with E-state index in [1.807, 2.05) is 24.3 Å². The van der Waals surface area contributed by atoms with E-state index in [1.54, 1.807) is 18.5 Å². The molecule has 0 aliphatic carbocycles. The van der Waals surface area contributed by atoms with Gasteiger partial charge in [0, 0.05) is 23.6 Å². The Morgan fingerprint density at radius 2 is 1.86 bits per heavy atom. The minimum Gasteiger partial charge on any atom is -0.413 e. The van der Waals surface area contributed by atoms with E-state index in [0.29, 0.717) is 17.7 Å². The Labute approximate surface area is 178 Å². The Bertz CT molecular complexity index is 971. The van der Waals surface area contributed by atoms with Gasteiger partial charge in [-0.3, -0.25) is 0 Å². The first-order valence-electron chi connectivity index (χ1n) is 9.59. The van der Waals surface area contributed by atoms with E-state index in [0.717, 1.165) is 22.5 Å². The number of nitrogens with one attached hydrogen (secondary N) is 1. The van der Waals surface area contributed by atoms with E-state index >= 15 is 0 Å². The molecule has 0 fully saturated rings. The highest BCUT2D eigenvalue weighted by atomic mass is 35.5. The molecule has 7 heteroatoms. The number of anilines is 2. The summed E-state index contributed by atoms with van der Waals surface area (Å²) in [6, 6.07) is 13.6. The molecule has 0 aliphatic rings. The second-order valence-electron chi connectivity index (χ2n) is 8.51. The molecule has 0 atom stereocenters. The first kappa shape index (κ1) is 21.4. The van der Waals surface area contributed by atoms with Crippen molar-refractivity contribution in [3.63, 3.8) is 0 Å². The molecule has 3 rings (SSSR count). The van der Waals surface area contributed by atoms with E-state index in [-0.39, 0.29) is 5.04 Å². The summed E-state index contributed by atoms with van der Waals surface area (Å²) in [6.07, 6.45) is 3.43. The van der Waals surface area contributed by atoms with Crippen molar-refractivity contribution in [2.75, 3.05) is 5.32 Å². The van der Waals surface area contributed by atoms with Gasteiger partial charge in [0.1, 0.15) is 5.15 Å². The van der Waals surface area contributed by atoms with Gasteiger partial charge >= 0.3 is 0 Å². The van der Waals surface area contributed by atoms with Crippen LogP contribution in [0.15, 0.2) is 54.9 Å². The number of hydrogen-bond acceptors (Lipinski definition) is 5. The fourth-order valence-electron chi connectivity index (χ4n) is 2.46. The average molecular weight is 427 g/mol. The summed E-state index contributed by atoms with van der Waals surface area (Å²) in [5.41, 5.74) is 3.71. The molecule has 1 N–H and O–H groups in total. The summed E-state index contributed by atoms with van der Waals surface area (Å²) in [4.78, 5) is 13.0. The Morgan fingerprint density at radius 1 is 1.07 bits per heavy atom. The predicted molar refractivity (Wildman–Crippen MR) is 122 cm³/mol. The van der Waals surface area contributed by atoms with Crippen molar-refractivity contribution >= 4 is 31.6 Å². The molecule has 0 saturated carbocycles. The monoisotopic (exact) mass is 426 g/mol. The van der Waals surface area contributed by atoms with Gasteiger partial charge in [0.2, 0.25) is 5.95 Å². The van der Waals surface area contributed by atoms with Crippen LogP contribution in [-0.4, -0.2) is 23.3 Å². The Kier molecular flexibility index (Phi) is 6.36. The SMILES string of the molecule is CC(C)(C)[Si](C)(C)OCc1cccc(Nc2nccc(-c3ccc(Cl)nc3)n2)c1. The van der Waals surface area contributed by atoms with Gasteiger partial charge in [-0.05, 0) is 54.0 Å². The van der Waals surface area contributed by atoms with E-state index in [9.17, 15) is 0 Å². The van der Waals surface area contributed by atoms with Crippen molar-refractivity contribution in [2.24, 2.45) is 0 Å². The molecule has 3 aromatic rings. The molecule has 2 aromatic heterocycles. The number of nitrogens with zero attached hydrogens (tertiary/aromatic N) is 3. The molecule has 0 saturated heterocycles. The highest BCUT2D eigenvalue weighted by molar-refractivity contribution is 6.74. The predicted octanol–water partition coefficient (Wildman–Crippen LogP) is 6.46. The number of aromatic nitrogens is 3. The lowest BCUT2D eigenvalue weighted by atomic mass is 10.2. The summed E-state index contributed by atoms with van der Waals surface area (Å²) in [5.74, 6) is 0.528. The second-order valence-corrected chi connectivity index (χ2v) is 13.7. The van der Waals surface area contributed by atoms with Gasteiger partial charge in [-0.25, -0.2) is 15.0 Å². The molecule has 0 unspecified atom stereocenters. The van der Waals surface area contributed by atoms with Crippen LogP contribution in [0.1, 0.15) is 26.3 Å². The molecule has 0 aliphatic heterocycles. The van der Waals surface area contributed by atoms with Crippen LogP contribution in [0.4, 0.5) is 11.6 Å². The van der Waals surface area contributed by atoms with E-state index in [4.69, 9.17) is 16.0 Å². The fraction of sp³-hybridized carbons (Fsp3) is 0.318. The standard InChI is InChI=1S/C22H27ClN4OSi/c1-22(2,3)29(4,5)28-15-16-7-6-8-18(13-16)26-21-24-12-11-19(27-21)17-9-10-20(23)25-14-17/h6-14H,15H2,1-5H3,(H,24,26,27). The first-order valence-corrected chi connectivity index (χ1v) is 12.9. The Hall–Kier alpha value is -2.28. The average Bonchev–Trinajstić information content (AvgIpc) is 2.67. The summed E-state index contributed by atoms with van der Waals surface area (Å²) in [7, 11) is -1.79. The van der Waals surface area contributed by atoms with Crippen LogP contribution in [-0.2, 0) is 11.0 Å². The molecule has 2 heterocycles. The minimum atomic E-state index is -1.79. The van der Waals surface area contributed by atoms with Crippen LogP contribution in [0, 0.1) is 0 Å². The largest absolute Gasteiger partial charge is 0.413 e. The molecule has 0 bridgehead atoms. The van der Waals surface area contributed by atoms with Crippen molar-refractivity contribution < 1.29 is 4.43 Å². The van der Waals surface area contributed by atoms with Crippen LogP contribution in [0.3, 0.4) is 0 Å². The summed E-state index contributed by atoms with van der Waals surface area (Å²) < 4.78 is 6.33. The van der Waals surface area contributed by atoms with Crippen LogP contribution < -0.4 is 5.32 Å². The van der Waals surface area contributed by atoms with Gasteiger partial charge < -0.3 is 9.74 Å². The van der Waals surface area contributed by atoms with Gasteiger partial charge in [-0.2, -0.15) is 0 Å². The van der Waals surface area contributed by atoms with Crippen LogP contribution in [0.25, 0.3) is 11.3 Å². The maximum atomic E-state index is 6.33. The summed E-state index contributed by atoms with van der Waals surface area (Å²) >= 11 is 5.87. The van der Waals surface area contributed by atoms with Crippen molar-refractivity contribution in [3.05, 3.63) is 65.6 Å². The number of benzene rings is 1. The molecular weight excluding hydrogens is 400 g/mol. The van der Waals surface area contributed by atoms with Gasteiger partial charge in [-0.15, -0.1) is 0 Å². The quantitative estimate of drug-likeness (QED) is 0.362. The molecule has 0 radical (unpaired) electrons. The highest BCUT2D eigenvalue weighted by Gasteiger charge is 2.36. The maximum absolute atomic E-state index is 6.33. The number of hydrogen-bond donors (Lipinski definition) is 1. The van der Waals surface area contributed by atoms with Crippen molar-refractivity contribution in [2.45, 2.75) is 45.5 Å². The van der Waals surface area contributed by atoms with Gasteiger partial charge in [0.05, 0.1) is 12.3 Å². The molecule has 29 heavy (non-hydrogen) atoms. The lowest BCUT2D eigenvalue weighted by Crippen LogP contribution is -2.40. The first-order chi connectivity index (χ1) is 13.6. The van der Waals surface area contributed by atoms with E-state index < -0.39 is 8.32 Å². The molecular formula is C22H27ClN4OSi. The lowest BCUT2D eigenvalue weighted by Gasteiger charge is -2.36. The molecule has 1 aromatic carbocycles.